The van der Waals surface area contributed by atoms with Gasteiger partial charge < -0.3 is 4.74 Å². The van der Waals surface area contributed by atoms with Crippen LogP contribution in [0.2, 0.25) is 0 Å². The van der Waals surface area contributed by atoms with Gasteiger partial charge in [-0.05, 0) is 25.2 Å². The van der Waals surface area contributed by atoms with E-state index in [1.807, 2.05) is 0 Å². The molecule has 0 bridgehead atoms. The highest BCUT2D eigenvalue weighted by atomic mass is 16.5. The number of carbonyl (C=O) groups excluding carboxylic acids is 1. The first-order valence-corrected chi connectivity index (χ1v) is 7.17. The highest BCUT2D eigenvalue weighted by molar-refractivity contribution is 5.78. The Kier molecular flexibility index (Phi) is 11.8. The Hall–Kier alpha value is -0.370. The summed E-state index contributed by atoms with van der Waals surface area (Å²) < 4.78 is 4.96. The molecule has 102 valence electrons. The molecule has 2 heteroatoms. The summed E-state index contributed by atoms with van der Waals surface area (Å²) in [5.74, 6) is 1.25. The zero-order chi connectivity index (χ0) is 12.9. The lowest BCUT2D eigenvalue weighted by molar-refractivity contribution is -0.119. The van der Waals surface area contributed by atoms with Crippen molar-refractivity contribution in [2.75, 3.05) is 13.7 Å². The molecule has 17 heavy (non-hydrogen) atoms. The molecule has 0 rings (SSSR count). The van der Waals surface area contributed by atoms with Crippen LogP contribution in [0.25, 0.3) is 0 Å². The molecule has 0 aromatic heterocycles. The van der Waals surface area contributed by atoms with Crippen molar-refractivity contribution in [3.8, 4) is 0 Å². The molecule has 0 heterocycles. The first-order chi connectivity index (χ1) is 8.16. The number of methoxy groups -OCH3 is 1. The molecular formula is C15H30O2. The molecule has 0 saturated heterocycles. The van der Waals surface area contributed by atoms with Gasteiger partial charge in [-0.2, -0.15) is 0 Å². The van der Waals surface area contributed by atoms with E-state index in [-0.39, 0.29) is 0 Å². The van der Waals surface area contributed by atoms with E-state index in [1.54, 1.807) is 7.11 Å². The zero-order valence-corrected chi connectivity index (χ0v) is 12.0. The number of ketones is 1. The largest absolute Gasteiger partial charge is 0.385 e. The molecule has 0 N–H and O–H groups in total. The summed E-state index contributed by atoms with van der Waals surface area (Å²) in [4.78, 5) is 11.5. The molecule has 0 aliphatic carbocycles. The summed E-state index contributed by atoms with van der Waals surface area (Å²) in [6.07, 6.45) is 9.76. The minimum atomic E-state index is 0.435. The minimum Gasteiger partial charge on any atom is -0.385 e. The van der Waals surface area contributed by atoms with Gasteiger partial charge in [-0.25, -0.2) is 0 Å². The maximum Gasteiger partial charge on any atom is 0.132 e. The lowest BCUT2D eigenvalue weighted by Gasteiger charge is -2.04. The van der Waals surface area contributed by atoms with Crippen molar-refractivity contribution >= 4 is 5.78 Å². The van der Waals surface area contributed by atoms with Gasteiger partial charge in [0, 0.05) is 26.6 Å². The van der Waals surface area contributed by atoms with Crippen molar-refractivity contribution in [1.29, 1.82) is 0 Å². The number of hydrogen-bond acceptors (Lipinski definition) is 2. The third kappa shape index (κ3) is 13.6. The third-order valence-electron chi connectivity index (χ3n) is 3.04. The van der Waals surface area contributed by atoms with Gasteiger partial charge in [-0.1, -0.05) is 39.5 Å². The van der Waals surface area contributed by atoms with Crippen molar-refractivity contribution in [2.45, 2.75) is 71.6 Å². The van der Waals surface area contributed by atoms with E-state index in [9.17, 15) is 4.79 Å². The van der Waals surface area contributed by atoms with E-state index >= 15 is 0 Å². The van der Waals surface area contributed by atoms with Crippen LogP contribution >= 0.6 is 0 Å². The van der Waals surface area contributed by atoms with Crippen LogP contribution in [0.4, 0.5) is 0 Å². The van der Waals surface area contributed by atoms with Crippen molar-refractivity contribution < 1.29 is 9.53 Å². The van der Waals surface area contributed by atoms with Gasteiger partial charge in [0.15, 0.2) is 0 Å². The Balaban J connectivity index is 3.16. The number of carbonyl (C=O) groups is 1. The maximum atomic E-state index is 11.5. The van der Waals surface area contributed by atoms with Crippen LogP contribution in [-0.4, -0.2) is 19.5 Å². The molecule has 0 unspecified atom stereocenters. The molecule has 0 spiro atoms. The third-order valence-corrected chi connectivity index (χ3v) is 3.04. The summed E-state index contributed by atoms with van der Waals surface area (Å²) >= 11 is 0. The van der Waals surface area contributed by atoms with Crippen LogP contribution in [0.15, 0.2) is 0 Å². The van der Waals surface area contributed by atoms with E-state index in [1.165, 1.54) is 25.7 Å². The predicted molar refractivity (Wildman–Crippen MR) is 73.3 cm³/mol. The van der Waals surface area contributed by atoms with Gasteiger partial charge in [0.25, 0.3) is 0 Å². The summed E-state index contributed by atoms with van der Waals surface area (Å²) in [6, 6.07) is 0. The van der Waals surface area contributed by atoms with Crippen LogP contribution in [0.1, 0.15) is 71.6 Å². The first-order valence-electron chi connectivity index (χ1n) is 7.17. The molecule has 2 nitrogen and oxygen atoms in total. The fourth-order valence-corrected chi connectivity index (χ4v) is 1.92. The Labute approximate surface area is 107 Å². The van der Waals surface area contributed by atoms with E-state index in [0.717, 1.165) is 44.6 Å². The number of unbranched alkanes of at least 4 members (excludes halogenated alkanes) is 4. The Bertz CT molecular complexity index is 176. The molecule has 0 fully saturated rings. The lowest BCUT2D eigenvalue weighted by Crippen LogP contribution is -1.99. The lowest BCUT2D eigenvalue weighted by atomic mass is 10.0. The molecule has 0 aliphatic heterocycles. The molecule has 0 saturated carbocycles. The number of ether oxygens (including phenoxy) is 1. The number of Topliss-reactive ketones (excluding diaryl/α,β-unsaturated/α-hetero) is 1. The second kappa shape index (κ2) is 12.1. The van der Waals surface area contributed by atoms with Gasteiger partial charge in [0.05, 0.1) is 0 Å². The SMILES string of the molecule is COCCCCC(=O)CCCCCCC(C)C. The van der Waals surface area contributed by atoms with E-state index in [4.69, 9.17) is 4.74 Å². The number of rotatable bonds is 12. The Morgan fingerprint density at radius 2 is 1.53 bits per heavy atom. The Morgan fingerprint density at radius 3 is 2.12 bits per heavy atom. The quantitative estimate of drug-likeness (QED) is 0.475. The average molecular weight is 242 g/mol. The fraction of sp³-hybridized carbons (Fsp3) is 0.933. The van der Waals surface area contributed by atoms with Crippen molar-refractivity contribution in [1.82, 2.24) is 0 Å². The predicted octanol–water partition coefficient (Wildman–Crippen LogP) is 4.37. The molecule has 0 aliphatic rings. The van der Waals surface area contributed by atoms with E-state index < -0.39 is 0 Å². The zero-order valence-electron chi connectivity index (χ0n) is 12.0. The smallest absolute Gasteiger partial charge is 0.132 e. The molecule has 0 aromatic carbocycles. The first kappa shape index (κ1) is 16.6. The topological polar surface area (TPSA) is 26.3 Å². The Morgan fingerprint density at radius 1 is 0.941 bits per heavy atom. The molecular weight excluding hydrogens is 212 g/mol. The molecule has 0 radical (unpaired) electrons. The average Bonchev–Trinajstić information content (AvgIpc) is 2.29. The van der Waals surface area contributed by atoms with Gasteiger partial charge in [-0.15, -0.1) is 0 Å². The second-order valence-electron chi connectivity index (χ2n) is 5.34. The highest BCUT2D eigenvalue weighted by Gasteiger charge is 2.01. The molecule has 0 amide bonds. The van der Waals surface area contributed by atoms with Crippen molar-refractivity contribution in [3.05, 3.63) is 0 Å². The van der Waals surface area contributed by atoms with Gasteiger partial charge in [-0.3, -0.25) is 4.79 Å². The summed E-state index contributed by atoms with van der Waals surface area (Å²) in [5.41, 5.74) is 0. The minimum absolute atomic E-state index is 0.435. The van der Waals surface area contributed by atoms with E-state index in [0.29, 0.717) is 5.78 Å². The van der Waals surface area contributed by atoms with Gasteiger partial charge in [0.2, 0.25) is 0 Å². The number of hydrogen-bond donors (Lipinski definition) is 0. The van der Waals surface area contributed by atoms with Crippen molar-refractivity contribution in [3.63, 3.8) is 0 Å². The van der Waals surface area contributed by atoms with Crippen LogP contribution in [0, 0.1) is 5.92 Å². The normalized spacial score (nSPS) is 11.1. The highest BCUT2D eigenvalue weighted by Crippen LogP contribution is 2.11. The monoisotopic (exact) mass is 242 g/mol. The standard InChI is InChI=1S/C15H30O2/c1-14(2)10-6-4-5-7-11-15(16)12-8-9-13-17-3/h14H,4-13H2,1-3H3. The molecule has 0 atom stereocenters. The van der Waals surface area contributed by atoms with Gasteiger partial charge in [0.1, 0.15) is 5.78 Å². The fourth-order valence-electron chi connectivity index (χ4n) is 1.92. The van der Waals surface area contributed by atoms with Crippen LogP contribution in [0.3, 0.4) is 0 Å². The van der Waals surface area contributed by atoms with E-state index in [2.05, 4.69) is 13.8 Å². The summed E-state index contributed by atoms with van der Waals surface area (Å²) in [6.45, 7) is 5.32. The molecule has 0 aromatic rings. The van der Waals surface area contributed by atoms with Crippen LogP contribution in [-0.2, 0) is 9.53 Å². The van der Waals surface area contributed by atoms with Crippen molar-refractivity contribution in [2.24, 2.45) is 5.92 Å². The van der Waals surface area contributed by atoms with Gasteiger partial charge >= 0.3 is 0 Å². The maximum absolute atomic E-state index is 11.5. The van der Waals surface area contributed by atoms with Crippen LogP contribution < -0.4 is 0 Å². The second-order valence-corrected chi connectivity index (χ2v) is 5.34. The van der Waals surface area contributed by atoms with Crippen LogP contribution in [0.5, 0.6) is 0 Å². The summed E-state index contributed by atoms with van der Waals surface area (Å²) in [7, 11) is 1.71. The summed E-state index contributed by atoms with van der Waals surface area (Å²) in [5, 5.41) is 0.